The average Bonchev–Trinajstić information content (AvgIpc) is 2.27. The van der Waals surface area contributed by atoms with E-state index in [1.807, 2.05) is 0 Å². The average molecular weight is 277 g/mol. The quantitative estimate of drug-likeness (QED) is 0.784. The first-order chi connectivity index (χ1) is 8.80. The standard InChI is InChI=1S/C13H21F2NO3/c1-9(3-2-4-11(17)18)16-12(19)10-5-7-13(14,15)8-6-10/h9-10H,2-8H2,1H3,(H,16,19)(H,17,18). The molecular weight excluding hydrogens is 256 g/mol. The second kappa shape index (κ2) is 6.82. The van der Waals surface area contributed by atoms with Crippen molar-refractivity contribution in [3.63, 3.8) is 0 Å². The molecule has 0 spiro atoms. The maximum absolute atomic E-state index is 13.0. The summed E-state index contributed by atoms with van der Waals surface area (Å²) in [5, 5.41) is 11.3. The molecule has 110 valence electrons. The van der Waals surface area contributed by atoms with Crippen LogP contribution in [0.4, 0.5) is 8.78 Å². The van der Waals surface area contributed by atoms with Crippen LogP contribution in [0.3, 0.4) is 0 Å². The first-order valence-corrected chi connectivity index (χ1v) is 6.70. The molecule has 1 amide bonds. The lowest BCUT2D eigenvalue weighted by molar-refractivity contribution is -0.137. The molecule has 2 N–H and O–H groups in total. The predicted octanol–water partition coefficient (Wildman–Crippen LogP) is 2.57. The molecule has 19 heavy (non-hydrogen) atoms. The third kappa shape index (κ3) is 5.98. The normalized spacial score (nSPS) is 20.8. The van der Waals surface area contributed by atoms with E-state index in [2.05, 4.69) is 5.32 Å². The van der Waals surface area contributed by atoms with Crippen molar-refractivity contribution < 1.29 is 23.5 Å². The molecule has 6 heteroatoms. The fraction of sp³-hybridized carbons (Fsp3) is 0.846. The Labute approximate surface area is 111 Å². The third-order valence-electron chi connectivity index (χ3n) is 3.50. The Hall–Kier alpha value is -1.20. The van der Waals surface area contributed by atoms with Crippen LogP contribution in [0.1, 0.15) is 51.9 Å². The number of amides is 1. The van der Waals surface area contributed by atoms with Crippen molar-refractivity contribution in [1.29, 1.82) is 0 Å². The molecular formula is C13H21F2NO3. The zero-order chi connectivity index (χ0) is 14.5. The van der Waals surface area contributed by atoms with Crippen LogP contribution in [0.5, 0.6) is 0 Å². The molecule has 1 aliphatic rings. The highest BCUT2D eigenvalue weighted by Crippen LogP contribution is 2.36. The first kappa shape index (κ1) is 15.9. The number of hydrogen-bond donors (Lipinski definition) is 2. The monoisotopic (exact) mass is 277 g/mol. The predicted molar refractivity (Wildman–Crippen MR) is 66.0 cm³/mol. The van der Waals surface area contributed by atoms with E-state index < -0.39 is 11.9 Å². The van der Waals surface area contributed by atoms with Crippen LogP contribution in [0.2, 0.25) is 0 Å². The second-order valence-corrected chi connectivity index (χ2v) is 5.33. The van der Waals surface area contributed by atoms with E-state index >= 15 is 0 Å². The number of carbonyl (C=O) groups excluding carboxylic acids is 1. The van der Waals surface area contributed by atoms with Gasteiger partial charge in [0.25, 0.3) is 0 Å². The van der Waals surface area contributed by atoms with Gasteiger partial charge < -0.3 is 10.4 Å². The Kier molecular flexibility index (Phi) is 5.69. The van der Waals surface area contributed by atoms with E-state index in [1.54, 1.807) is 6.92 Å². The second-order valence-electron chi connectivity index (χ2n) is 5.33. The number of halogens is 2. The van der Waals surface area contributed by atoms with Crippen molar-refractivity contribution in [2.75, 3.05) is 0 Å². The zero-order valence-electron chi connectivity index (χ0n) is 11.1. The summed E-state index contributed by atoms with van der Waals surface area (Å²) in [6.45, 7) is 1.80. The van der Waals surface area contributed by atoms with E-state index in [4.69, 9.17) is 5.11 Å². The highest BCUT2D eigenvalue weighted by molar-refractivity contribution is 5.79. The van der Waals surface area contributed by atoms with Crippen molar-refractivity contribution >= 4 is 11.9 Å². The summed E-state index contributed by atoms with van der Waals surface area (Å²) in [7, 11) is 0. The minimum atomic E-state index is -2.62. The highest BCUT2D eigenvalue weighted by atomic mass is 19.3. The van der Waals surface area contributed by atoms with E-state index in [0.29, 0.717) is 12.8 Å². The molecule has 0 aromatic rings. The van der Waals surface area contributed by atoms with Gasteiger partial charge in [0.05, 0.1) is 0 Å². The van der Waals surface area contributed by atoms with Crippen molar-refractivity contribution in [3.05, 3.63) is 0 Å². The van der Waals surface area contributed by atoms with Gasteiger partial charge >= 0.3 is 5.97 Å². The Balaban J connectivity index is 2.25. The van der Waals surface area contributed by atoms with E-state index in [-0.39, 0.29) is 50.0 Å². The summed E-state index contributed by atoms with van der Waals surface area (Å²) >= 11 is 0. The molecule has 0 bridgehead atoms. The van der Waals surface area contributed by atoms with Crippen molar-refractivity contribution in [1.82, 2.24) is 5.32 Å². The van der Waals surface area contributed by atoms with Gasteiger partial charge in [0.1, 0.15) is 0 Å². The molecule has 0 aliphatic heterocycles. The highest BCUT2D eigenvalue weighted by Gasteiger charge is 2.37. The van der Waals surface area contributed by atoms with Crippen LogP contribution in [-0.4, -0.2) is 28.9 Å². The topological polar surface area (TPSA) is 66.4 Å². The maximum atomic E-state index is 13.0. The van der Waals surface area contributed by atoms with E-state index in [1.165, 1.54) is 0 Å². The molecule has 0 radical (unpaired) electrons. The van der Waals surface area contributed by atoms with Gasteiger partial charge in [0.2, 0.25) is 11.8 Å². The summed E-state index contributed by atoms with van der Waals surface area (Å²) in [5.74, 6) is -3.99. The Morgan fingerprint density at radius 2 is 1.95 bits per heavy atom. The van der Waals surface area contributed by atoms with Crippen LogP contribution < -0.4 is 5.32 Å². The zero-order valence-corrected chi connectivity index (χ0v) is 11.1. The minimum absolute atomic E-state index is 0.0792. The fourth-order valence-corrected chi connectivity index (χ4v) is 2.29. The van der Waals surface area contributed by atoms with Crippen molar-refractivity contribution in [2.24, 2.45) is 5.92 Å². The molecule has 1 atom stereocenters. The summed E-state index contributed by atoms with van der Waals surface area (Å²) in [6, 6.07) is -0.116. The summed E-state index contributed by atoms with van der Waals surface area (Å²) in [5.41, 5.74) is 0. The summed E-state index contributed by atoms with van der Waals surface area (Å²) < 4.78 is 25.9. The Morgan fingerprint density at radius 1 is 1.37 bits per heavy atom. The number of alkyl halides is 2. The van der Waals surface area contributed by atoms with Gasteiger partial charge in [0.15, 0.2) is 0 Å². The lowest BCUT2D eigenvalue weighted by Gasteiger charge is -2.28. The molecule has 0 aromatic heterocycles. The molecule has 0 heterocycles. The number of rotatable bonds is 6. The van der Waals surface area contributed by atoms with Crippen LogP contribution in [0, 0.1) is 5.92 Å². The molecule has 4 nitrogen and oxygen atoms in total. The van der Waals surface area contributed by atoms with Gasteiger partial charge in [-0.2, -0.15) is 0 Å². The van der Waals surface area contributed by atoms with Crippen LogP contribution in [0.25, 0.3) is 0 Å². The minimum Gasteiger partial charge on any atom is -0.481 e. The van der Waals surface area contributed by atoms with Crippen LogP contribution in [0.15, 0.2) is 0 Å². The first-order valence-electron chi connectivity index (χ1n) is 6.70. The number of aliphatic carboxylic acids is 1. The molecule has 0 aromatic carbocycles. The van der Waals surface area contributed by atoms with Gasteiger partial charge in [-0.3, -0.25) is 9.59 Å². The molecule has 1 rings (SSSR count). The largest absolute Gasteiger partial charge is 0.481 e. The van der Waals surface area contributed by atoms with E-state index in [9.17, 15) is 18.4 Å². The fourth-order valence-electron chi connectivity index (χ4n) is 2.29. The number of carboxylic acid groups (broad SMARTS) is 1. The van der Waals surface area contributed by atoms with Gasteiger partial charge in [0, 0.05) is 31.2 Å². The summed E-state index contributed by atoms with van der Waals surface area (Å²) in [4.78, 5) is 22.2. The lowest BCUT2D eigenvalue weighted by Crippen LogP contribution is -2.40. The number of carbonyl (C=O) groups is 2. The van der Waals surface area contributed by atoms with Gasteiger partial charge in [-0.05, 0) is 32.6 Å². The molecule has 0 saturated heterocycles. The van der Waals surface area contributed by atoms with Crippen molar-refractivity contribution in [3.8, 4) is 0 Å². The van der Waals surface area contributed by atoms with Gasteiger partial charge in [-0.15, -0.1) is 0 Å². The number of hydrogen-bond acceptors (Lipinski definition) is 2. The third-order valence-corrected chi connectivity index (χ3v) is 3.50. The van der Waals surface area contributed by atoms with Crippen LogP contribution >= 0.6 is 0 Å². The van der Waals surface area contributed by atoms with E-state index in [0.717, 1.165) is 0 Å². The Bertz CT molecular complexity index is 324. The lowest BCUT2D eigenvalue weighted by atomic mass is 9.86. The molecule has 1 saturated carbocycles. The van der Waals surface area contributed by atoms with Crippen molar-refractivity contribution in [2.45, 2.75) is 63.8 Å². The molecule has 1 fully saturated rings. The molecule has 1 aliphatic carbocycles. The SMILES string of the molecule is CC(CCCC(=O)O)NC(=O)C1CCC(F)(F)CC1. The van der Waals surface area contributed by atoms with Gasteiger partial charge in [-0.1, -0.05) is 0 Å². The number of nitrogens with one attached hydrogen (secondary N) is 1. The van der Waals surface area contributed by atoms with Crippen LogP contribution in [-0.2, 0) is 9.59 Å². The molecule has 1 unspecified atom stereocenters. The summed E-state index contributed by atoms with van der Waals surface area (Å²) in [6.07, 6.45) is 1.16. The smallest absolute Gasteiger partial charge is 0.303 e. The Morgan fingerprint density at radius 3 is 2.47 bits per heavy atom. The maximum Gasteiger partial charge on any atom is 0.303 e. The number of carboxylic acids is 1. The van der Waals surface area contributed by atoms with Gasteiger partial charge in [-0.25, -0.2) is 8.78 Å².